The fourth-order valence-corrected chi connectivity index (χ4v) is 3.29. The molecule has 2 rings (SSSR count). The van der Waals surface area contributed by atoms with E-state index in [1.807, 2.05) is 0 Å². The predicted molar refractivity (Wildman–Crippen MR) is 85.4 cm³/mol. The second kappa shape index (κ2) is 8.85. The summed E-state index contributed by atoms with van der Waals surface area (Å²) >= 11 is 0. The second-order valence-corrected chi connectivity index (χ2v) is 6.39. The molecule has 1 heterocycles. The van der Waals surface area contributed by atoms with Crippen molar-refractivity contribution >= 4 is 18.3 Å². The first-order valence-electron chi connectivity index (χ1n) is 7.81. The van der Waals surface area contributed by atoms with Gasteiger partial charge in [-0.25, -0.2) is 0 Å². The molecule has 1 atom stereocenters. The predicted octanol–water partition coefficient (Wildman–Crippen LogP) is 1.74. The first-order valence-corrected chi connectivity index (χ1v) is 7.81. The molecular formula is C15H30ClN3O. The molecule has 5 heteroatoms. The van der Waals surface area contributed by atoms with E-state index in [0.29, 0.717) is 17.9 Å². The van der Waals surface area contributed by atoms with E-state index in [0.717, 1.165) is 39.0 Å². The lowest BCUT2D eigenvalue weighted by molar-refractivity contribution is -0.134. The Kier molecular flexibility index (Phi) is 7.85. The lowest BCUT2D eigenvalue weighted by atomic mass is 10.0. The molecule has 4 nitrogen and oxygen atoms in total. The van der Waals surface area contributed by atoms with Gasteiger partial charge < -0.3 is 15.1 Å². The highest BCUT2D eigenvalue weighted by Gasteiger charge is 2.28. The molecule has 0 aromatic carbocycles. The monoisotopic (exact) mass is 303 g/mol. The zero-order valence-electron chi connectivity index (χ0n) is 12.9. The molecule has 1 saturated carbocycles. The lowest BCUT2D eigenvalue weighted by Crippen LogP contribution is -2.43. The van der Waals surface area contributed by atoms with Gasteiger partial charge in [-0.05, 0) is 52.4 Å². The van der Waals surface area contributed by atoms with Gasteiger partial charge in [0.05, 0.1) is 0 Å². The average Bonchev–Trinajstić information content (AvgIpc) is 3.01. The van der Waals surface area contributed by atoms with Gasteiger partial charge in [0.1, 0.15) is 0 Å². The largest absolute Gasteiger partial charge is 0.338 e. The SMILES string of the molecule is CN(C)CCN(C(=O)CC1CCNC1)C1CCCC1.Cl. The standard InChI is InChI=1S/C15H29N3O.ClH/c1-17(2)9-10-18(14-5-3-4-6-14)15(19)11-13-7-8-16-12-13;/h13-14,16H,3-12H2,1-2H3;1H. The summed E-state index contributed by atoms with van der Waals surface area (Å²) < 4.78 is 0. The van der Waals surface area contributed by atoms with Crippen molar-refractivity contribution in [1.29, 1.82) is 0 Å². The van der Waals surface area contributed by atoms with E-state index in [1.54, 1.807) is 0 Å². The molecule has 1 unspecified atom stereocenters. The Morgan fingerprint density at radius 2 is 1.85 bits per heavy atom. The molecule has 0 aromatic rings. The molecule has 1 N–H and O–H groups in total. The molecule has 1 aliphatic heterocycles. The molecule has 118 valence electrons. The molecule has 1 aliphatic carbocycles. The summed E-state index contributed by atoms with van der Waals surface area (Å²) in [5.74, 6) is 0.957. The molecule has 0 bridgehead atoms. The van der Waals surface area contributed by atoms with Crippen LogP contribution in [0.1, 0.15) is 38.5 Å². The molecular weight excluding hydrogens is 274 g/mol. The third kappa shape index (κ3) is 5.23. The van der Waals surface area contributed by atoms with Gasteiger partial charge in [0.2, 0.25) is 5.91 Å². The summed E-state index contributed by atoms with van der Waals surface area (Å²) in [5, 5.41) is 3.36. The van der Waals surface area contributed by atoms with Crippen molar-refractivity contribution in [1.82, 2.24) is 15.1 Å². The van der Waals surface area contributed by atoms with Gasteiger partial charge in [0.15, 0.2) is 0 Å². The summed E-state index contributed by atoms with van der Waals surface area (Å²) in [7, 11) is 4.16. The highest BCUT2D eigenvalue weighted by atomic mass is 35.5. The van der Waals surface area contributed by atoms with E-state index in [4.69, 9.17) is 0 Å². The van der Waals surface area contributed by atoms with E-state index in [9.17, 15) is 4.79 Å². The van der Waals surface area contributed by atoms with Crippen molar-refractivity contribution in [2.75, 3.05) is 40.3 Å². The van der Waals surface area contributed by atoms with Gasteiger partial charge in [0, 0.05) is 25.6 Å². The number of carbonyl (C=O) groups excluding carboxylic acids is 1. The number of carbonyl (C=O) groups is 1. The van der Waals surface area contributed by atoms with E-state index in [-0.39, 0.29) is 12.4 Å². The Labute approximate surface area is 129 Å². The van der Waals surface area contributed by atoms with Crippen LogP contribution in [0.25, 0.3) is 0 Å². The number of likely N-dealkylation sites (N-methyl/N-ethyl adjacent to an activating group) is 1. The Hall–Kier alpha value is -0.320. The number of nitrogens with one attached hydrogen (secondary N) is 1. The van der Waals surface area contributed by atoms with Gasteiger partial charge in [0.25, 0.3) is 0 Å². The normalized spacial score (nSPS) is 23.1. The summed E-state index contributed by atoms with van der Waals surface area (Å²) in [5.41, 5.74) is 0. The summed E-state index contributed by atoms with van der Waals surface area (Å²) in [6, 6.07) is 0.516. The zero-order chi connectivity index (χ0) is 13.7. The highest BCUT2D eigenvalue weighted by Crippen LogP contribution is 2.25. The molecule has 0 radical (unpaired) electrons. The smallest absolute Gasteiger partial charge is 0.223 e. The minimum Gasteiger partial charge on any atom is -0.338 e. The van der Waals surface area contributed by atoms with Gasteiger partial charge in [-0.1, -0.05) is 12.8 Å². The average molecular weight is 304 g/mol. The van der Waals surface area contributed by atoms with Crippen LogP contribution < -0.4 is 5.32 Å². The maximum atomic E-state index is 12.6. The summed E-state index contributed by atoms with van der Waals surface area (Å²) in [4.78, 5) is 16.9. The Bertz CT molecular complexity index is 287. The van der Waals surface area contributed by atoms with Gasteiger partial charge in [-0.2, -0.15) is 0 Å². The summed E-state index contributed by atoms with van der Waals surface area (Å²) in [6.45, 7) is 3.98. The summed E-state index contributed by atoms with van der Waals surface area (Å²) in [6.07, 6.45) is 6.92. The number of amides is 1. The zero-order valence-corrected chi connectivity index (χ0v) is 13.8. The van der Waals surface area contributed by atoms with Gasteiger partial charge in [-0.15, -0.1) is 12.4 Å². The molecule has 0 aromatic heterocycles. The first-order chi connectivity index (χ1) is 9.16. The van der Waals surface area contributed by atoms with Crippen LogP contribution in [0, 0.1) is 5.92 Å². The number of halogens is 1. The van der Waals surface area contributed by atoms with Crippen LogP contribution in [0.3, 0.4) is 0 Å². The fraction of sp³-hybridized carbons (Fsp3) is 0.933. The molecule has 20 heavy (non-hydrogen) atoms. The van der Waals surface area contributed by atoms with E-state index < -0.39 is 0 Å². The number of hydrogen-bond acceptors (Lipinski definition) is 3. The van der Waals surface area contributed by atoms with Crippen LogP contribution in [0.5, 0.6) is 0 Å². The van der Waals surface area contributed by atoms with Gasteiger partial charge in [-0.3, -0.25) is 4.79 Å². The fourth-order valence-electron chi connectivity index (χ4n) is 3.29. The van der Waals surface area contributed by atoms with Crippen LogP contribution in [0.2, 0.25) is 0 Å². The minimum atomic E-state index is 0. The Balaban J connectivity index is 0.00000200. The third-order valence-electron chi connectivity index (χ3n) is 4.50. The van der Waals surface area contributed by atoms with Crippen molar-refractivity contribution in [3.8, 4) is 0 Å². The minimum absolute atomic E-state index is 0. The van der Waals surface area contributed by atoms with Crippen LogP contribution in [0.4, 0.5) is 0 Å². The second-order valence-electron chi connectivity index (χ2n) is 6.39. The molecule has 0 spiro atoms. The quantitative estimate of drug-likeness (QED) is 0.812. The van der Waals surface area contributed by atoms with E-state index >= 15 is 0 Å². The lowest BCUT2D eigenvalue weighted by Gasteiger charge is -2.31. The molecule has 1 amide bonds. The van der Waals surface area contributed by atoms with Crippen LogP contribution in [-0.4, -0.2) is 62.0 Å². The first kappa shape index (κ1) is 17.7. The number of nitrogens with zero attached hydrogens (tertiary/aromatic N) is 2. The molecule has 2 fully saturated rings. The van der Waals surface area contributed by atoms with Crippen LogP contribution >= 0.6 is 12.4 Å². The van der Waals surface area contributed by atoms with E-state index in [2.05, 4.69) is 29.2 Å². The maximum absolute atomic E-state index is 12.6. The van der Waals surface area contributed by atoms with Crippen molar-refractivity contribution in [2.24, 2.45) is 5.92 Å². The Morgan fingerprint density at radius 1 is 1.15 bits per heavy atom. The third-order valence-corrected chi connectivity index (χ3v) is 4.50. The van der Waals surface area contributed by atoms with Crippen LogP contribution in [-0.2, 0) is 4.79 Å². The topological polar surface area (TPSA) is 35.6 Å². The number of rotatable bonds is 6. The Morgan fingerprint density at radius 3 is 2.40 bits per heavy atom. The molecule has 1 saturated heterocycles. The maximum Gasteiger partial charge on any atom is 0.223 e. The van der Waals surface area contributed by atoms with E-state index in [1.165, 1.54) is 25.7 Å². The van der Waals surface area contributed by atoms with Crippen LogP contribution in [0.15, 0.2) is 0 Å². The highest BCUT2D eigenvalue weighted by molar-refractivity contribution is 5.85. The molecule has 2 aliphatic rings. The van der Waals surface area contributed by atoms with Gasteiger partial charge >= 0.3 is 0 Å². The van der Waals surface area contributed by atoms with Crippen molar-refractivity contribution in [3.63, 3.8) is 0 Å². The van der Waals surface area contributed by atoms with Crippen molar-refractivity contribution < 1.29 is 4.79 Å². The number of hydrogen-bond donors (Lipinski definition) is 1. The van der Waals surface area contributed by atoms with Crippen molar-refractivity contribution in [2.45, 2.75) is 44.6 Å². The van der Waals surface area contributed by atoms with Crippen molar-refractivity contribution in [3.05, 3.63) is 0 Å².